The van der Waals surface area contributed by atoms with Crippen LogP contribution in [0.15, 0.2) is 42.7 Å². The minimum absolute atomic E-state index is 0.0961. The quantitative estimate of drug-likeness (QED) is 0.830. The zero-order valence-electron chi connectivity index (χ0n) is 10.8. The van der Waals surface area contributed by atoms with E-state index in [-0.39, 0.29) is 11.5 Å². The fourth-order valence-electron chi connectivity index (χ4n) is 1.75. The Morgan fingerprint density at radius 3 is 2.85 bits per heavy atom. The first-order valence-electron chi connectivity index (χ1n) is 6.21. The van der Waals surface area contributed by atoms with Gasteiger partial charge in [-0.25, -0.2) is 4.79 Å². The maximum Gasteiger partial charge on any atom is 0.335 e. The van der Waals surface area contributed by atoms with Crippen LogP contribution in [0.2, 0.25) is 0 Å². The van der Waals surface area contributed by atoms with E-state index in [1.54, 1.807) is 41.3 Å². The van der Waals surface area contributed by atoms with Crippen molar-refractivity contribution < 1.29 is 14.7 Å². The third-order valence-electron chi connectivity index (χ3n) is 2.79. The highest BCUT2D eigenvalue weighted by Crippen LogP contribution is 2.05. The Morgan fingerprint density at radius 2 is 2.15 bits per heavy atom. The number of carboxylic acids is 1. The van der Waals surface area contributed by atoms with Gasteiger partial charge in [0.1, 0.15) is 0 Å². The molecular weight excluding hydrogens is 258 g/mol. The van der Waals surface area contributed by atoms with Gasteiger partial charge >= 0.3 is 5.97 Å². The van der Waals surface area contributed by atoms with Gasteiger partial charge in [-0.1, -0.05) is 12.1 Å². The third kappa shape index (κ3) is 3.94. The zero-order chi connectivity index (χ0) is 14.4. The van der Waals surface area contributed by atoms with E-state index in [9.17, 15) is 9.59 Å². The number of carbonyl (C=O) groups excluding carboxylic acids is 1. The molecule has 0 aliphatic rings. The number of amides is 1. The summed E-state index contributed by atoms with van der Waals surface area (Å²) in [5, 5.41) is 15.6. The standard InChI is InChI=1S/C14H15N3O3/c18-13(5-8-17-7-2-6-16-17)15-10-11-3-1-4-12(9-11)14(19)20/h1-4,6-7,9H,5,8,10H2,(H,15,18)(H,19,20). The second-order valence-corrected chi connectivity index (χ2v) is 4.30. The Labute approximate surface area is 116 Å². The number of carbonyl (C=O) groups is 2. The molecule has 2 N–H and O–H groups in total. The third-order valence-corrected chi connectivity index (χ3v) is 2.79. The summed E-state index contributed by atoms with van der Waals surface area (Å²) < 4.78 is 1.69. The molecule has 104 valence electrons. The highest BCUT2D eigenvalue weighted by atomic mass is 16.4. The van der Waals surface area contributed by atoms with Crippen LogP contribution in [0.1, 0.15) is 22.3 Å². The van der Waals surface area contributed by atoms with E-state index in [2.05, 4.69) is 10.4 Å². The van der Waals surface area contributed by atoms with Gasteiger partial charge in [-0.2, -0.15) is 5.10 Å². The van der Waals surface area contributed by atoms with Crippen LogP contribution >= 0.6 is 0 Å². The van der Waals surface area contributed by atoms with Crippen LogP contribution in [0.3, 0.4) is 0 Å². The molecule has 0 unspecified atom stereocenters. The van der Waals surface area contributed by atoms with Crippen molar-refractivity contribution in [3.05, 3.63) is 53.9 Å². The first kappa shape index (κ1) is 13.8. The highest BCUT2D eigenvalue weighted by Gasteiger charge is 2.05. The SMILES string of the molecule is O=C(CCn1cccn1)NCc1cccc(C(=O)O)c1. The van der Waals surface area contributed by atoms with Gasteiger partial charge in [0.15, 0.2) is 0 Å². The fraction of sp³-hybridized carbons (Fsp3) is 0.214. The molecule has 0 fully saturated rings. The number of nitrogens with zero attached hydrogens (tertiary/aromatic N) is 2. The number of nitrogens with one attached hydrogen (secondary N) is 1. The van der Waals surface area contributed by atoms with Gasteiger partial charge in [0.25, 0.3) is 0 Å². The van der Waals surface area contributed by atoms with Crippen molar-refractivity contribution in [2.75, 3.05) is 0 Å². The molecule has 2 aromatic rings. The Bertz CT molecular complexity index is 593. The summed E-state index contributed by atoms with van der Waals surface area (Å²) in [5.74, 6) is -1.07. The summed E-state index contributed by atoms with van der Waals surface area (Å²) in [7, 11) is 0. The van der Waals surface area contributed by atoms with E-state index in [1.165, 1.54) is 6.07 Å². The topological polar surface area (TPSA) is 84.2 Å². The van der Waals surface area contributed by atoms with Crippen molar-refractivity contribution in [2.45, 2.75) is 19.5 Å². The molecule has 20 heavy (non-hydrogen) atoms. The van der Waals surface area contributed by atoms with Crippen LogP contribution in [0.25, 0.3) is 0 Å². The molecule has 0 atom stereocenters. The van der Waals surface area contributed by atoms with Gasteiger partial charge in [-0.05, 0) is 23.8 Å². The van der Waals surface area contributed by atoms with E-state index < -0.39 is 5.97 Å². The van der Waals surface area contributed by atoms with Crippen molar-refractivity contribution in [1.82, 2.24) is 15.1 Å². The molecule has 1 heterocycles. The second-order valence-electron chi connectivity index (χ2n) is 4.30. The van der Waals surface area contributed by atoms with Crippen LogP contribution in [-0.4, -0.2) is 26.8 Å². The van der Waals surface area contributed by atoms with Gasteiger partial charge in [0.2, 0.25) is 5.91 Å². The number of benzene rings is 1. The molecule has 2 rings (SSSR count). The monoisotopic (exact) mass is 273 g/mol. The van der Waals surface area contributed by atoms with E-state index in [1.807, 2.05) is 0 Å². The van der Waals surface area contributed by atoms with Crippen LogP contribution in [0.4, 0.5) is 0 Å². The molecule has 0 radical (unpaired) electrons. The normalized spacial score (nSPS) is 10.2. The first-order valence-corrected chi connectivity index (χ1v) is 6.21. The van der Waals surface area contributed by atoms with E-state index in [0.29, 0.717) is 19.5 Å². The van der Waals surface area contributed by atoms with Gasteiger partial charge in [0, 0.05) is 31.9 Å². The Hall–Kier alpha value is -2.63. The Balaban J connectivity index is 1.81. The Morgan fingerprint density at radius 1 is 1.30 bits per heavy atom. The van der Waals surface area contributed by atoms with Gasteiger partial charge in [0.05, 0.1) is 5.56 Å². The molecule has 0 aliphatic carbocycles. The molecule has 1 aromatic heterocycles. The minimum atomic E-state index is -0.975. The number of carboxylic acid groups (broad SMARTS) is 1. The number of aromatic carboxylic acids is 1. The van der Waals surface area contributed by atoms with Crippen molar-refractivity contribution >= 4 is 11.9 Å². The molecule has 6 heteroatoms. The number of rotatable bonds is 6. The highest BCUT2D eigenvalue weighted by molar-refractivity contribution is 5.87. The molecule has 6 nitrogen and oxygen atoms in total. The average molecular weight is 273 g/mol. The molecule has 0 aliphatic heterocycles. The first-order chi connectivity index (χ1) is 9.65. The maximum absolute atomic E-state index is 11.7. The van der Waals surface area contributed by atoms with Gasteiger partial charge < -0.3 is 10.4 Å². The van der Waals surface area contributed by atoms with E-state index in [0.717, 1.165) is 5.56 Å². The van der Waals surface area contributed by atoms with Gasteiger partial charge in [-0.15, -0.1) is 0 Å². The van der Waals surface area contributed by atoms with Crippen molar-refractivity contribution in [3.8, 4) is 0 Å². The summed E-state index contributed by atoms with van der Waals surface area (Å²) in [6.07, 6.45) is 3.79. The lowest BCUT2D eigenvalue weighted by molar-refractivity contribution is -0.121. The summed E-state index contributed by atoms with van der Waals surface area (Å²) in [6.45, 7) is 0.840. The minimum Gasteiger partial charge on any atom is -0.478 e. The van der Waals surface area contributed by atoms with Crippen molar-refractivity contribution in [2.24, 2.45) is 0 Å². The largest absolute Gasteiger partial charge is 0.478 e. The lowest BCUT2D eigenvalue weighted by Crippen LogP contribution is -2.24. The van der Waals surface area contributed by atoms with Crippen LogP contribution in [0.5, 0.6) is 0 Å². The summed E-state index contributed by atoms with van der Waals surface area (Å²) >= 11 is 0. The number of hydrogen-bond donors (Lipinski definition) is 2. The molecule has 0 bridgehead atoms. The van der Waals surface area contributed by atoms with Crippen LogP contribution in [-0.2, 0) is 17.9 Å². The summed E-state index contributed by atoms with van der Waals surface area (Å²) in [5.41, 5.74) is 0.977. The van der Waals surface area contributed by atoms with Crippen molar-refractivity contribution in [3.63, 3.8) is 0 Å². The molecular formula is C14H15N3O3. The fourth-order valence-corrected chi connectivity index (χ4v) is 1.75. The number of aryl methyl sites for hydroxylation is 1. The number of hydrogen-bond acceptors (Lipinski definition) is 3. The van der Waals surface area contributed by atoms with Crippen LogP contribution in [0, 0.1) is 0 Å². The molecule has 1 aromatic carbocycles. The van der Waals surface area contributed by atoms with Crippen LogP contribution < -0.4 is 5.32 Å². The van der Waals surface area contributed by atoms with E-state index in [4.69, 9.17) is 5.11 Å². The summed E-state index contributed by atoms with van der Waals surface area (Å²) in [4.78, 5) is 22.5. The predicted molar refractivity (Wildman–Crippen MR) is 72.1 cm³/mol. The lowest BCUT2D eigenvalue weighted by Gasteiger charge is -2.06. The average Bonchev–Trinajstić information content (AvgIpc) is 2.96. The van der Waals surface area contributed by atoms with E-state index >= 15 is 0 Å². The van der Waals surface area contributed by atoms with Gasteiger partial charge in [-0.3, -0.25) is 9.48 Å². The Kier molecular flexibility index (Phi) is 4.49. The molecule has 0 spiro atoms. The lowest BCUT2D eigenvalue weighted by atomic mass is 10.1. The molecule has 1 amide bonds. The molecule has 0 saturated carbocycles. The maximum atomic E-state index is 11.7. The summed E-state index contributed by atoms with van der Waals surface area (Å²) in [6, 6.07) is 8.31. The zero-order valence-corrected chi connectivity index (χ0v) is 10.8. The second kappa shape index (κ2) is 6.51. The smallest absolute Gasteiger partial charge is 0.335 e. The predicted octanol–water partition coefficient (Wildman–Crippen LogP) is 1.29. The molecule has 0 saturated heterocycles. The van der Waals surface area contributed by atoms with Crippen molar-refractivity contribution in [1.29, 1.82) is 0 Å². The number of aromatic nitrogens is 2.